The highest BCUT2D eigenvalue weighted by Gasteiger charge is 2.24. The molecule has 1 atom stereocenters. The molecule has 0 bridgehead atoms. The van der Waals surface area contributed by atoms with Gasteiger partial charge in [0.15, 0.2) is 5.76 Å². The number of fused-ring (bicyclic) bond motifs is 1. The molecular weight excluding hydrogens is 273 g/mol. The monoisotopic (exact) mass is 289 g/mol. The van der Waals surface area contributed by atoms with Crippen molar-refractivity contribution in [1.82, 2.24) is 4.90 Å². The summed E-state index contributed by atoms with van der Waals surface area (Å²) in [5, 5.41) is 0.666. The molecule has 1 aliphatic heterocycles. The first-order chi connectivity index (χ1) is 10.0. The van der Waals surface area contributed by atoms with E-state index < -0.39 is 11.4 Å². The minimum absolute atomic E-state index is 0.0211. The van der Waals surface area contributed by atoms with Crippen LogP contribution < -0.4 is 5.63 Å². The fourth-order valence-corrected chi connectivity index (χ4v) is 2.80. The van der Waals surface area contributed by atoms with Gasteiger partial charge in [-0.15, -0.1) is 0 Å². The molecule has 0 aliphatic carbocycles. The number of rotatable bonds is 1. The van der Waals surface area contributed by atoms with Gasteiger partial charge in [-0.2, -0.15) is 0 Å². The number of likely N-dealkylation sites (tertiary alicyclic amines) is 1. The number of carbonyl (C=O) groups is 1. The summed E-state index contributed by atoms with van der Waals surface area (Å²) in [6, 6.07) is 5.25. The van der Waals surface area contributed by atoms with Gasteiger partial charge in [0.1, 0.15) is 5.82 Å². The van der Waals surface area contributed by atoms with Crippen LogP contribution in [0.3, 0.4) is 0 Å². The maximum atomic E-state index is 13.3. The van der Waals surface area contributed by atoms with Gasteiger partial charge in [0.25, 0.3) is 5.91 Å². The largest absolute Gasteiger partial charge is 0.417 e. The predicted octanol–water partition coefficient (Wildman–Crippen LogP) is 2.80. The highest BCUT2D eigenvalue weighted by atomic mass is 19.1. The van der Waals surface area contributed by atoms with Gasteiger partial charge in [-0.25, -0.2) is 9.18 Å². The van der Waals surface area contributed by atoms with Crippen molar-refractivity contribution in [2.24, 2.45) is 5.92 Å². The number of halogens is 1. The van der Waals surface area contributed by atoms with Crippen molar-refractivity contribution in [2.45, 2.75) is 19.8 Å². The van der Waals surface area contributed by atoms with Crippen molar-refractivity contribution < 1.29 is 13.6 Å². The van der Waals surface area contributed by atoms with Gasteiger partial charge in [0, 0.05) is 13.1 Å². The Balaban J connectivity index is 2.00. The van der Waals surface area contributed by atoms with Crippen LogP contribution in [0.5, 0.6) is 0 Å². The zero-order valence-electron chi connectivity index (χ0n) is 11.8. The summed E-state index contributed by atoms with van der Waals surface area (Å²) in [5.41, 5.74) is -0.610. The zero-order chi connectivity index (χ0) is 15.0. The molecule has 2 aromatic rings. The van der Waals surface area contributed by atoms with Crippen LogP contribution in [0.1, 0.15) is 30.3 Å². The molecule has 1 aromatic heterocycles. The highest BCUT2D eigenvalue weighted by Crippen LogP contribution is 2.19. The molecule has 21 heavy (non-hydrogen) atoms. The van der Waals surface area contributed by atoms with Crippen LogP contribution in [0, 0.1) is 11.7 Å². The van der Waals surface area contributed by atoms with E-state index >= 15 is 0 Å². The molecule has 3 rings (SSSR count). The Morgan fingerprint density at radius 1 is 1.38 bits per heavy atom. The van der Waals surface area contributed by atoms with Gasteiger partial charge in [-0.3, -0.25) is 4.79 Å². The van der Waals surface area contributed by atoms with Crippen LogP contribution in [-0.4, -0.2) is 23.9 Å². The number of piperidine rings is 1. The van der Waals surface area contributed by atoms with E-state index in [1.807, 2.05) is 0 Å². The minimum Gasteiger partial charge on any atom is -0.417 e. The van der Waals surface area contributed by atoms with Crippen molar-refractivity contribution in [3.05, 3.63) is 46.3 Å². The summed E-state index contributed by atoms with van der Waals surface area (Å²) in [6.45, 7) is 3.41. The first-order valence-electron chi connectivity index (χ1n) is 7.07. The van der Waals surface area contributed by atoms with E-state index in [2.05, 4.69) is 6.92 Å². The Morgan fingerprint density at radius 2 is 2.19 bits per heavy atom. The number of benzene rings is 1. The van der Waals surface area contributed by atoms with Crippen molar-refractivity contribution in [3.8, 4) is 0 Å². The third kappa shape index (κ3) is 2.68. The molecule has 4 nitrogen and oxygen atoms in total. The van der Waals surface area contributed by atoms with Gasteiger partial charge in [-0.1, -0.05) is 6.92 Å². The minimum atomic E-state index is -0.610. The van der Waals surface area contributed by atoms with Crippen LogP contribution >= 0.6 is 0 Å². The maximum absolute atomic E-state index is 13.3. The maximum Gasteiger partial charge on any atom is 0.344 e. The molecule has 1 aliphatic rings. The van der Waals surface area contributed by atoms with Gasteiger partial charge >= 0.3 is 5.63 Å². The molecule has 1 unspecified atom stereocenters. The van der Waals surface area contributed by atoms with Crippen LogP contribution in [0.2, 0.25) is 0 Å². The number of amides is 1. The summed E-state index contributed by atoms with van der Waals surface area (Å²) < 4.78 is 18.4. The Kier molecular flexibility index (Phi) is 3.49. The van der Waals surface area contributed by atoms with Crippen LogP contribution in [0.25, 0.3) is 10.8 Å². The number of nitrogens with zero attached hydrogens (tertiary/aromatic N) is 1. The van der Waals surface area contributed by atoms with E-state index in [-0.39, 0.29) is 17.1 Å². The zero-order valence-corrected chi connectivity index (χ0v) is 11.8. The van der Waals surface area contributed by atoms with E-state index in [1.54, 1.807) is 4.90 Å². The molecule has 110 valence electrons. The second-order valence-electron chi connectivity index (χ2n) is 5.63. The standard InChI is InChI=1S/C16H16FNO3/c1-10-3-2-6-18(9-10)15(19)14-8-11-7-12(17)4-5-13(11)16(20)21-14/h4-5,7-8,10H,2-3,6,9H2,1H3. The lowest BCUT2D eigenvalue weighted by atomic mass is 10.00. The summed E-state index contributed by atoms with van der Waals surface area (Å²) >= 11 is 0. The second-order valence-corrected chi connectivity index (χ2v) is 5.63. The lowest BCUT2D eigenvalue weighted by Gasteiger charge is -2.30. The summed E-state index contributed by atoms with van der Waals surface area (Å²) in [5.74, 6) is -0.331. The predicted molar refractivity (Wildman–Crippen MR) is 76.7 cm³/mol. The number of hydrogen-bond donors (Lipinski definition) is 0. The van der Waals surface area contributed by atoms with Gasteiger partial charge in [0.2, 0.25) is 0 Å². The molecule has 0 spiro atoms. The fraction of sp³-hybridized carbons (Fsp3) is 0.375. The van der Waals surface area contributed by atoms with Crippen molar-refractivity contribution in [1.29, 1.82) is 0 Å². The Hall–Kier alpha value is -2.17. The molecular formula is C16H16FNO3. The molecule has 5 heteroatoms. The Bertz CT molecular complexity index is 753. The molecule has 0 radical (unpaired) electrons. The van der Waals surface area contributed by atoms with Crippen LogP contribution in [0.4, 0.5) is 4.39 Å². The van der Waals surface area contributed by atoms with Crippen molar-refractivity contribution >= 4 is 16.7 Å². The topological polar surface area (TPSA) is 50.5 Å². The first-order valence-corrected chi connectivity index (χ1v) is 7.07. The molecule has 0 N–H and O–H groups in total. The van der Waals surface area contributed by atoms with Gasteiger partial charge in [0.05, 0.1) is 5.39 Å². The third-order valence-corrected chi connectivity index (χ3v) is 3.88. The van der Waals surface area contributed by atoms with Crippen LogP contribution in [-0.2, 0) is 0 Å². The van der Waals surface area contributed by atoms with Crippen molar-refractivity contribution in [3.63, 3.8) is 0 Å². The van der Waals surface area contributed by atoms with Crippen molar-refractivity contribution in [2.75, 3.05) is 13.1 Å². The highest BCUT2D eigenvalue weighted by molar-refractivity contribution is 5.95. The molecule has 1 saturated heterocycles. The van der Waals surface area contributed by atoms with E-state index in [0.29, 0.717) is 24.4 Å². The quantitative estimate of drug-likeness (QED) is 0.811. The normalized spacial score (nSPS) is 19.0. The summed E-state index contributed by atoms with van der Waals surface area (Å²) in [7, 11) is 0. The lowest BCUT2D eigenvalue weighted by molar-refractivity contribution is 0.0646. The van der Waals surface area contributed by atoms with E-state index in [0.717, 1.165) is 12.8 Å². The van der Waals surface area contributed by atoms with Gasteiger partial charge in [-0.05, 0) is 48.4 Å². The molecule has 1 amide bonds. The Labute approximate surface area is 121 Å². The average molecular weight is 289 g/mol. The summed E-state index contributed by atoms with van der Waals surface area (Å²) in [6.07, 6.45) is 2.04. The Morgan fingerprint density at radius 3 is 2.95 bits per heavy atom. The number of carbonyl (C=O) groups excluding carboxylic acids is 1. The molecule has 0 saturated carbocycles. The fourth-order valence-electron chi connectivity index (χ4n) is 2.80. The lowest BCUT2D eigenvalue weighted by Crippen LogP contribution is -2.39. The first kappa shape index (κ1) is 13.8. The average Bonchev–Trinajstić information content (AvgIpc) is 2.45. The second kappa shape index (κ2) is 5.31. The SMILES string of the molecule is CC1CCCN(C(=O)c2cc3cc(F)ccc3c(=O)o2)C1. The molecule has 1 fully saturated rings. The third-order valence-electron chi connectivity index (χ3n) is 3.88. The van der Waals surface area contributed by atoms with E-state index in [9.17, 15) is 14.0 Å². The van der Waals surface area contributed by atoms with Gasteiger partial charge < -0.3 is 9.32 Å². The molecule has 2 heterocycles. The van der Waals surface area contributed by atoms with Crippen LogP contribution in [0.15, 0.2) is 33.5 Å². The molecule has 1 aromatic carbocycles. The number of hydrogen-bond acceptors (Lipinski definition) is 3. The van der Waals surface area contributed by atoms with E-state index in [4.69, 9.17) is 4.42 Å². The summed E-state index contributed by atoms with van der Waals surface area (Å²) in [4.78, 5) is 26.0. The van der Waals surface area contributed by atoms with E-state index in [1.165, 1.54) is 24.3 Å². The smallest absolute Gasteiger partial charge is 0.344 e.